The molecule has 20 heavy (non-hydrogen) atoms. The van der Waals surface area contributed by atoms with Gasteiger partial charge in [0.1, 0.15) is 5.82 Å². The zero-order valence-electron chi connectivity index (χ0n) is 12.9. The molecule has 0 fully saturated rings. The maximum absolute atomic E-state index is 13.8. The van der Waals surface area contributed by atoms with Gasteiger partial charge in [0.2, 0.25) is 0 Å². The molecule has 0 saturated heterocycles. The van der Waals surface area contributed by atoms with Crippen LogP contribution in [0, 0.1) is 5.82 Å². The molecule has 0 bridgehead atoms. The molecular formula is C16H26FNO2. The third kappa shape index (κ3) is 5.57. The fraction of sp³-hybridized carbons (Fsp3) is 0.625. The summed E-state index contributed by atoms with van der Waals surface area (Å²) in [5.41, 5.74) is 0.464. The van der Waals surface area contributed by atoms with Crippen molar-refractivity contribution in [1.82, 2.24) is 5.32 Å². The van der Waals surface area contributed by atoms with Crippen molar-refractivity contribution in [3.8, 4) is 0 Å². The van der Waals surface area contributed by atoms with Gasteiger partial charge < -0.3 is 14.8 Å². The highest BCUT2D eigenvalue weighted by Crippen LogP contribution is 2.18. The summed E-state index contributed by atoms with van der Waals surface area (Å²) < 4.78 is 24.8. The standard InChI is InChI=1S/C16H26FNO2/c1-5-18-15(13-8-6-7-9-14(13)17)12-20-11-10-16(2,3)19-4/h6-9,15,18H,5,10-12H2,1-4H3. The Morgan fingerprint density at radius 1 is 1.30 bits per heavy atom. The Morgan fingerprint density at radius 2 is 2.00 bits per heavy atom. The maximum Gasteiger partial charge on any atom is 0.128 e. The highest BCUT2D eigenvalue weighted by atomic mass is 19.1. The molecule has 0 radical (unpaired) electrons. The molecule has 1 unspecified atom stereocenters. The zero-order valence-corrected chi connectivity index (χ0v) is 12.9. The first-order chi connectivity index (χ1) is 9.50. The summed E-state index contributed by atoms with van der Waals surface area (Å²) >= 11 is 0. The Balaban J connectivity index is 2.50. The third-order valence-electron chi connectivity index (χ3n) is 3.42. The Labute approximate surface area is 121 Å². The second-order valence-corrected chi connectivity index (χ2v) is 5.42. The highest BCUT2D eigenvalue weighted by molar-refractivity contribution is 5.21. The van der Waals surface area contributed by atoms with Gasteiger partial charge in [-0.15, -0.1) is 0 Å². The minimum atomic E-state index is -0.195. The molecule has 1 aromatic rings. The van der Waals surface area contributed by atoms with E-state index in [9.17, 15) is 4.39 Å². The van der Waals surface area contributed by atoms with Crippen LogP contribution in [0.15, 0.2) is 24.3 Å². The number of methoxy groups -OCH3 is 1. The Morgan fingerprint density at radius 3 is 2.60 bits per heavy atom. The highest BCUT2D eigenvalue weighted by Gasteiger charge is 2.18. The first-order valence-electron chi connectivity index (χ1n) is 7.11. The van der Waals surface area contributed by atoms with Crippen LogP contribution in [0.25, 0.3) is 0 Å². The van der Waals surface area contributed by atoms with E-state index in [-0.39, 0.29) is 17.5 Å². The molecule has 0 aliphatic carbocycles. The lowest BCUT2D eigenvalue weighted by Gasteiger charge is -2.24. The van der Waals surface area contributed by atoms with E-state index in [1.165, 1.54) is 6.07 Å². The van der Waals surface area contributed by atoms with Gasteiger partial charge in [0.05, 0.1) is 18.2 Å². The molecule has 0 spiro atoms. The van der Waals surface area contributed by atoms with Gasteiger partial charge >= 0.3 is 0 Å². The molecule has 1 atom stereocenters. The topological polar surface area (TPSA) is 30.5 Å². The van der Waals surface area contributed by atoms with Gasteiger partial charge in [-0.25, -0.2) is 4.39 Å². The number of likely N-dealkylation sites (N-methyl/N-ethyl adjacent to an activating group) is 1. The van der Waals surface area contributed by atoms with E-state index < -0.39 is 0 Å². The van der Waals surface area contributed by atoms with Crippen LogP contribution in [-0.2, 0) is 9.47 Å². The second-order valence-electron chi connectivity index (χ2n) is 5.42. The molecule has 0 aromatic heterocycles. The Kier molecular flexibility index (Phi) is 7.13. The van der Waals surface area contributed by atoms with Gasteiger partial charge in [-0.05, 0) is 32.9 Å². The van der Waals surface area contributed by atoms with Crippen LogP contribution >= 0.6 is 0 Å². The summed E-state index contributed by atoms with van der Waals surface area (Å²) in [5.74, 6) is -0.195. The predicted molar refractivity (Wildman–Crippen MR) is 79.3 cm³/mol. The van der Waals surface area contributed by atoms with E-state index in [1.807, 2.05) is 26.8 Å². The normalized spacial score (nSPS) is 13.4. The number of ether oxygens (including phenoxy) is 2. The van der Waals surface area contributed by atoms with E-state index in [0.717, 1.165) is 13.0 Å². The van der Waals surface area contributed by atoms with Crippen molar-refractivity contribution in [2.45, 2.75) is 38.8 Å². The van der Waals surface area contributed by atoms with Gasteiger partial charge in [-0.3, -0.25) is 0 Å². The first kappa shape index (κ1) is 17.1. The van der Waals surface area contributed by atoms with Gasteiger partial charge in [-0.2, -0.15) is 0 Å². The summed E-state index contributed by atoms with van der Waals surface area (Å²) in [5, 5.41) is 3.26. The van der Waals surface area contributed by atoms with Gasteiger partial charge in [-0.1, -0.05) is 25.1 Å². The number of rotatable bonds is 9. The number of benzene rings is 1. The average Bonchev–Trinajstić information content (AvgIpc) is 2.43. The summed E-state index contributed by atoms with van der Waals surface area (Å²) in [6, 6.07) is 6.70. The molecule has 1 aromatic carbocycles. The van der Waals surface area contributed by atoms with E-state index in [0.29, 0.717) is 18.8 Å². The van der Waals surface area contributed by atoms with Crippen LogP contribution < -0.4 is 5.32 Å². The predicted octanol–water partition coefficient (Wildman–Crippen LogP) is 3.31. The van der Waals surface area contributed by atoms with Crippen molar-refractivity contribution in [2.24, 2.45) is 0 Å². The number of hydrogen-bond acceptors (Lipinski definition) is 3. The number of nitrogens with one attached hydrogen (secondary N) is 1. The Hall–Kier alpha value is -0.970. The lowest BCUT2D eigenvalue weighted by atomic mass is 10.1. The van der Waals surface area contributed by atoms with Crippen molar-refractivity contribution in [3.63, 3.8) is 0 Å². The molecule has 3 nitrogen and oxygen atoms in total. The summed E-state index contributed by atoms with van der Waals surface area (Å²) in [4.78, 5) is 0. The largest absolute Gasteiger partial charge is 0.379 e. The monoisotopic (exact) mass is 283 g/mol. The van der Waals surface area contributed by atoms with Crippen molar-refractivity contribution < 1.29 is 13.9 Å². The Bertz CT molecular complexity index is 396. The van der Waals surface area contributed by atoms with Gasteiger partial charge in [0.25, 0.3) is 0 Å². The SMILES string of the molecule is CCNC(COCCC(C)(C)OC)c1ccccc1F. The molecule has 0 aliphatic heterocycles. The van der Waals surface area contributed by atoms with Crippen LogP contribution in [0.2, 0.25) is 0 Å². The zero-order chi connectivity index (χ0) is 15.0. The fourth-order valence-electron chi connectivity index (χ4n) is 1.88. The maximum atomic E-state index is 13.8. The van der Waals surface area contributed by atoms with Crippen LogP contribution in [0.4, 0.5) is 4.39 Å². The minimum Gasteiger partial charge on any atom is -0.379 e. The number of hydrogen-bond donors (Lipinski definition) is 1. The lowest BCUT2D eigenvalue weighted by molar-refractivity contribution is -0.0125. The minimum absolute atomic E-state index is 0.119. The first-order valence-corrected chi connectivity index (χ1v) is 7.11. The van der Waals surface area contributed by atoms with E-state index in [1.54, 1.807) is 19.2 Å². The van der Waals surface area contributed by atoms with E-state index in [2.05, 4.69) is 5.32 Å². The fourth-order valence-corrected chi connectivity index (χ4v) is 1.88. The molecule has 1 rings (SSSR count). The van der Waals surface area contributed by atoms with Crippen LogP contribution in [-0.4, -0.2) is 32.5 Å². The summed E-state index contributed by atoms with van der Waals surface area (Å²) in [6.07, 6.45) is 0.805. The van der Waals surface area contributed by atoms with Crippen LogP contribution in [0.5, 0.6) is 0 Å². The molecule has 0 aliphatic rings. The molecule has 1 N–H and O–H groups in total. The molecule has 0 heterocycles. The summed E-state index contributed by atoms with van der Waals surface area (Å²) in [7, 11) is 1.70. The molecular weight excluding hydrogens is 257 g/mol. The van der Waals surface area contributed by atoms with E-state index in [4.69, 9.17) is 9.47 Å². The van der Waals surface area contributed by atoms with Crippen molar-refractivity contribution in [2.75, 3.05) is 26.9 Å². The smallest absolute Gasteiger partial charge is 0.128 e. The average molecular weight is 283 g/mol. The van der Waals surface area contributed by atoms with Gasteiger partial charge in [0, 0.05) is 19.3 Å². The quantitative estimate of drug-likeness (QED) is 0.705. The van der Waals surface area contributed by atoms with Crippen LogP contribution in [0.1, 0.15) is 38.8 Å². The molecule has 0 saturated carbocycles. The molecule has 4 heteroatoms. The van der Waals surface area contributed by atoms with Crippen LogP contribution in [0.3, 0.4) is 0 Å². The van der Waals surface area contributed by atoms with Crippen molar-refractivity contribution in [3.05, 3.63) is 35.6 Å². The lowest BCUT2D eigenvalue weighted by Crippen LogP contribution is -2.28. The van der Waals surface area contributed by atoms with Crippen molar-refractivity contribution in [1.29, 1.82) is 0 Å². The van der Waals surface area contributed by atoms with Gasteiger partial charge in [0.15, 0.2) is 0 Å². The summed E-state index contributed by atoms with van der Waals surface area (Å²) in [6.45, 7) is 7.86. The third-order valence-corrected chi connectivity index (χ3v) is 3.42. The number of halogens is 1. The van der Waals surface area contributed by atoms with E-state index >= 15 is 0 Å². The molecule has 114 valence electrons. The second kappa shape index (κ2) is 8.35. The molecule has 0 amide bonds. The van der Waals surface area contributed by atoms with Crippen molar-refractivity contribution >= 4 is 0 Å².